The number of nitrogens with zero attached hydrogens (tertiary/aromatic N) is 1. The summed E-state index contributed by atoms with van der Waals surface area (Å²) in [5.74, 6) is -0.402. The predicted octanol–water partition coefficient (Wildman–Crippen LogP) is 3.52. The summed E-state index contributed by atoms with van der Waals surface area (Å²) in [6.07, 6.45) is -1.29. The van der Waals surface area contributed by atoms with Crippen molar-refractivity contribution in [1.29, 1.82) is 0 Å². The van der Waals surface area contributed by atoms with E-state index in [-0.39, 0.29) is 12.2 Å². The highest BCUT2D eigenvalue weighted by molar-refractivity contribution is 5.93. The van der Waals surface area contributed by atoms with Crippen molar-refractivity contribution in [2.75, 3.05) is 18.4 Å². The lowest BCUT2D eigenvalue weighted by Crippen LogP contribution is -2.42. The molecule has 1 amide bonds. The Labute approximate surface area is 122 Å². The maximum absolute atomic E-state index is 12.9. The highest BCUT2D eigenvalue weighted by Crippen LogP contribution is 2.34. The number of rotatable bonds is 3. The van der Waals surface area contributed by atoms with E-state index in [4.69, 9.17) is 0 Å². The number of halogens is 3. The van der Waals surface area contributed by atoms with Crippen LogP contribution in [0.25, 0.3) is 0 Å². The number of nitrogens with one attached hydrogen (secondary N) is 1. The minimum Gasteiger partial charge on any atom is -0.324 e. The topological polar surface area (TPSA) is 32.3 Å². The molecule has 1 fully saturated rings. The molecule has 0 saturated carbocycles. The van der Waals surface area contributed by atoms with Crippen molar-refractivity contribution in [1.82, 2.24) is 4.90 Å². The average Bonchev–Trinajstić information content (AvgIpc) is 2.41. The van der Waals surface area contributed by atoms with Crippen LogP contribution in [-0.2, 0) is 11.0 Å². The van der Waals surface area contributed by atoms with Crippen LogP contribution in [0.5, 0.6) is 0 Å². The van der Waals surface area contributed by atoms with Crippen molar-refractivity contribution >= 4 is 11.6 Å². The van der Waals surface area contributed by atoms with Gasteiger partial charge in [0.2, 0.25) is 5.91 Å². The SMILES string of the molecule is C[C@H]1CCCCN1CC(=O)Nc1ccccc1C(F)(F)F. The van der Waals surface area contributed by atoms with Crippen molar-refractivity contribution in [2.24, 2.45) is 0 Å². The van der Waals surface area contributed by atoms with Gasteiger partial charge in [-0.3, -0.25) is 9.69 Å². The normalized spacial score (nSPS) is 20.3. The molecule has 1 heterocycles. The first-order valence-electron chi connectivity index (χ1n) is 7.08. The fraction of sp³-hybridized carbons (Fsp3) is 0.533. The van der Waals surface area contributed by atoms with Crippen molar-refractivity contribution in [2.45, 2.75) is 38.4 Å². The van der Waals surface area contributed by atoms with E-state index in [1.807, 2.05) is 11.8 Å². The standard InChI is InChI=1S/C15H19F3N2O/c1-11-6-4-5-9-20(11)10-14(21)19-13-8-3-2-7-12(13)15(16,17)18/h2-3,7-8,11H,4-6,9-10H2,1H3,(H,19,21)/t11-/m0/s1. The molecule has 0 radical (unpaired) electrons. The van der Waals surface area contributed by atoms with Crippen molar-refractivity contribution in [3.05, 3.63) is 29.8 Å². The molecule has 1 aliphatic heterocycles. The van der Waals surface area contributed by atoms with Crippen molar-refractivity contribution < 1.29 is 18.0 Å². The number of carbonyl (C=O) groups is 1. The van der Waals surface area contributed by atoms with Crippen LogP contribution in [0.2, 0.25) is 0 Å². The summed E-state index contributed by atoms with van der Waals surface area (Å²) in [6.45, 7) is 2.99. The molecule has 1 aromatic carbocycles. The molecule has 1 N–H and O–H groups in total. The minimum absolute atomic E-state index is 0.132. The van der Waals surface area contributed by atoms with Gasteiger partial charge in [0.25, 0.3) is 0 Å². The lowest BCUT2D eigenvalue weighted by Gasteiger charge is -2.32. The molecular weight excluding hydrogens is 281 g/mol. The Kier molecular flexibility index (Phi) is 4.88. The smallest absolute Gasteiger partial charge is 0.324 e. The maximum Gasteiger partial charge on any atom is 0.418 e. The summed E-state index contributed by atoms with van der Waals surface area (Å²) in [5.41, 5.74) is -0.996. The molecule has 3 nitrogen and oxygen atoms in total. The molecular formula is C15H19F3N2O. The summed E-state index contributed by atoms with van der Waals surface area (Å²) in [4.78, 5) is 14.0. The first-order chi connectivity index (χ1) is 9.88. The molecule has 0 aromatic heterocycles. The number of hydrogen-bond donors (Lipinski definition) is 1. The highest BCUT2D eigenvalue weighted by Gasteiger charge is 2.33. The summed E-state index contributed by atoms with van der Waals surface area (Å²) >= 11 is 0. The van der Waals surface area contributed by atoms with Crippen LogP contribution >= 0.6 is 0 Å². The Morgan fingerprint density at radius 3 is 2.71 bits per heavy atom. The minimum atomic E-state index is -4.47. The number of amides is 1. The van der Waals surface area contributed by atoms with Crippen LogP contribution in [0.4, 0.5) is 18.9 Å². The van der Waals surface area contributed by atoms with Gasteiger partial charge in [0.1, 0.15) is 0 Å². The fourth-order valence-corrected chi connectivity index (χ4v) is 2.61. The van der Waals surface area contributed by atoms with E-state index in [1.165, 1.54) is 18.2 Å². The fourth-order valence-electron chi connectivity index (χ4n) is 2.61. The van der Waals surface area contributed by atoms with Crippen molar-refractivity contribution in [3.63, 3.8) is 0 Å². The molecule has 0 spiro atoms. The second-order valence-corrected chi connectivity index (χ2v) is 5.41. The summed E-state index contributed by atoms with van der Waals surface area (Å²) in [5, 5.41) is 2.38. The van der Waals surface area contributed by atoms with Crippen LogP contribution < -0.4 is 5.32 Å². The summed E-state index contributed by atoms with van der Waals surface area (Å²) in [6, 6.07) is 5.33. The molecule has 1 atom stereocenters. The molecule has 6 heteroatoms. The van der Waals surface area contributed by atoms with Gasteiger partial charge in [-0.05, 0) is 38.4 Å². The zero-order chi connectivity index (χ0) is 15.5. The number of carbonyl (C=O) groups excluding carboxylic acids is 1. The zero-order valence-electron chi connectivity index (χ0n) is 11.9. The number of para-hydroxylation sites is 1. The van der Waals surface area contributed by atoms with Crippen LogP contribution in [0.1, 0.15) is 31.7 Å². The van der Waals surface area contributed by atoms with Gasteiger partial charge in [-0.1, -0.05) is 18.6 Å². The Hall–Kier alpha value is -1.56. The first kappa shape index (κ1) is 15.8. The monoisotopic (exact) mass is 300 g/mol. The first-order valence-corrected chi connectivity index (χ1v) is 7.08. The van der Waals surface area contributed by atoms with E-state index in [2.05, 4.69) is 5.32 Å². The molecule has 0 unspecified atom stereocenters. The summed E-state index contributed by atoms with van der Waals surface area (Å²) < 4.78 is 38.6. The zero-order valence-corrected chi connectivity index (χ0v) is 11.9. The Morgan fingerprint density at radius 1 is 1.33 bits per heavy atom. The van der Waals surface area contributed by atoms with Gasteiger partial charge < -0.3 is 5.32 Å². The number of hydrogen-bond acceptors (Lipinski definition) is 2. The van der Waals surface area contributed by atoms with Crippen LogP contribution in [0.3, 0.4) is 0 Å². The third-order valence-electron chi connectivity index (χ3n) is 3.79. The van der Waals surface area contributed by atoms with E-state index >= 15 is 0 Å². The Bertz CT molecular complexity index is 502. The maximum atomic E-state index is 12.9. The Balaban J connectivity index is 2.03. The third kappa shape index (κ3) is 4.20. The highest BCUT2D eigenvalue weighted by atomic mass is 19.4. The lowest BCUT2D eigenvalue weighted by molar-refractivity contribution is -0.137. The molecule has 1 aliphatic rings. The number of anilines is 1. The van der Waals surface area contributed by atoms with Crippen LogP contribution in [-0.4, -0.2) is 29.9 Å². The molecule has 0 bridgehead atoms. The average molecular weight is 300 g/mol. The predicted molar refractivity (Wildman–Crippen MR) is 75.0 cm³/mol. The van der Waals surface area contributed by atoms with Crippen LogP contribution in [0, 0.1) is 0 Å². The second kappa shape index (κ2) is 6.47. The Morgan fingerprint density at radius 2 is 2.05 bits per heavy atom. The van der Waals surface area contributed by atoms with Gasteiger partial charge in [0, 0.05) is 6.04 Å². The van der Waals surface area contributed by atoms with Gasteiger partial charge in [-0.2, -0.15) is 13.2 Å². The van der Waals surface area contributed by atoms with Gasteiger partial charge in [0.15, 0.2) is 0 Å². The largest absolute Gasteiger partial charge is 0.418 e. The molecule has 21 heavy (non-hydrogen) atoms. The van der Waals surface area contributed by atoms with Gasteiger partial charge in [-0.25, -0.2) is 0 Å². The molecule has 0 aliphatic carbocycles. The van der Waals surface area contributed by atoms with Crippen LogP contribution in [0.15, 0.2) is 24.3 Å². The molecule has 1 saturated heterocycles. The van der Waals surface area contributed by atoms with Gasteiger partial charge in [-0.15, -0.1) is 0 Å². The van der Waals surface area contributed by atoms with E-state index in [0.29, 0.717) is 6.04 Å². The molecule has 116 valence electrons. The number of alkyl halides is 3. The lowest BCUT2D eigenvalue weighted by atomic mass is 10.0. The van der Waals surface area contributed by atoms with Gasteiger partial charge in [0.05, 0.1) is 17.8 Å². The number of likely N-dealkylation sites (tertiary alicyclic amines) is 1. The summed E-state index contributed by atoms with van der Waals surface area (Å²) in [7, 11) is 0. The van der Waals surface area contributed by atoms with E-state index in [0.717, 1.165) is 31.9 Å². The second-order valence-electron chi connectivity index (χ2n) is 5.41. The quantitative estimate of drug-likeness (QED) is 0.926. The van der Waals surface area contributed by atoms with E-state index in [9.17, 15) is 18.0 Å². The number of piperidine rings is 1. The molecule has 1 aromatic rings. The third-order valence-corrected chi connectivity index (χ3v) is 3.79. The van der Waals surface area contributed by atoms with Crippen molar-refractivity contribution in [3.8, 4) is 0 Å². The van der Waals surface area contributed by atoms with E-state index < -0.39 is 17.6 Å². The number of benzene rings is 1. The van der Waals surface area contributed by atoms with E-state index in [1.54, 1.807) is 0 Å². The molecule has 2 rings (SSSR count). The van der Waals surface area contributed by atoms with Gasteiger partial charge >= 0.3 is 6.18 Å².